The molecule has 8 nitrogen and oxygen atoms in total. The van der Waals surface area contributed by atoms with Gasteiger partial charge in [0.25, 0.3) is 0 Å². The number of ether oxygens (including phenoxy) is 6. The van der Waals surface area contributed by atoms with E-state index in [2.05, 4.69) is 0 Å². The van der Waals surface area contributed by atoms with E-state index in [-0.39, 0.29) is 23.8 Å². The second kappa shape index (κ2) is 12.3. The van der Waals surface area contributed by atoms with Gasteiger partial charge in [-0.05, 0) is 106 Å². The van der Waals surface area contributed by atoms with Crippen molar-refractivity contribution in [3.63, 3.8) is 0 Å². The summed E-state index contributed by atoms with van der Waals surface area (Å²) < 4.78 is 34.2. The Balaban J connectivity index is 0.930. The number of epoxide rings is 2. The standard InChI is InChI=1S/C33H44O8/c34-32(22-5-1-20(2-6-22)14-36-16-26-18-38-26)40-28-11-12-29(31-25-10-9-24(13-25)30(28)31)41-33(35)23-7-3-21(4-8-23)15-37-17-27-19-39-27/h11-12,20-27H,1-10,13-19H2. The van der Waals surface area contributed by atoms with Crippen molar-refractivity contribution in [3.05, 3.63) is 23.3 Å². The van der Waals surface area contributed by atoms with Gasteiger partial charge < -0.3 is 28.4 Å². The molecule has 4 aliphatic carbocycles. The Kier molecular flexibility index (Phi) is 8.35. The zero-order valence-electron chi connectivity index (χ0n) is 24.1. The van der Waals surface area contributed by atoms with Crippen LogP contribution in [0.25, 0.3) is 0 Å². The van der Waals surface area contributed by atoms with Gasteiger partial charge in [-0.1, -0.05) is 0 Å². The molecule has 0 aromatic heterocycles. The largest absolute Gasteiger partial charge is 0.426 e. The fraction of sp³-hybridized carbons (Fsp3) is 0.758. The van der Waals surface area contributed by atoms with Crippen LogP contribution in [0.1, 0.15) is 93.6 Å². The van der Waals surface area contributed by atoms with E-state index in [1.54, 1.807) is 0 Å². The minimum atomic E-state index is -0.115. The predicted molar refractivity (Wildman–Crippen MR) is 149 cm³/mol. The number of hydrogen-bond acceptors (Lipinski definition) is 8. The molecule has 2 aliphatic heterocycles. The van der Waals surface area contributed by atoms with Crippen LogP contribution in [0.2, 0.25) is 0 Å². The van der Waals surface area contributed by atoms with Gasteiger partial charge >= 0.3 is 11.9 Å². The Morgan fingerprint density at radius 3 is 1.41 bits per heavy atom. The van der Waals surface area contributed by atoms with Gasteiger partial charge in [0.2, 0.25) is 0 Å². The number of carbonyl (C=O) groups is 2. The summed E-state index contributed by atoms with van der Waals surface area (Å²) in [6, 6.07) is 3.74. The van der Waals surface area contributed by atoms with Crippen molar-refractivity contribution in [3.8, 4) is 11.5 Å². The van der Waals surface area contributed by atoms with E-state index in [0.29, 0.717) is 60.6 Å². The van der Waals surface area contributed by atoms with Crippen molar-refractivity contribution < 1.29 is 38.0 Å². The molecule has 224 valence electrons. The highest BCUT2D eigenvalue weighted by molar-refractivity contribution is 5.78. The number of esters is 2. The van der Waals surface area contributed by atoms with E-state index >= 15 is 0 Å². The molecule has 2 saturated heterocycles. The number of benzene rings is 1. The van der Waals surface area contributed by atoms with Crippen LogP contribution in [0, 0.1) is 23.7 Å². The lowest BCUT2D eigenvalue weighted by Crippen LogP contribution is -2.28. The molecule has 2 heterocycles. The Morgan fingerprint density at radius 1 is 0.610 bits per heavy atom. The van der Waals surface area contributed by atoms with Gasteiger partial charge in [0.15, 0.2) is 0 Å². The van der Waals surface area contributed by atoms with Gasteiger partial charge in [-0.2, -0.15) is 0 Å². The normalized spacial score (nSPS) is 35.1. The van der Waals surface area contributed by atoms with Gasteiger partial charge in [-0.25, -0.2) is 0 Å². The first kappa shape index (κ1) is 27.8. The van der Waals surface area contributed by atoms with Gasteiger partial charge in [0.05, 0.1) is 38.3 Å². The van der Waals surface area contributed by atoms with Gasteiger partial charge in [-0.3, -0.25) is 9.59 Å². The third-order valence-electron chi connectivity index (χ3n) is 10.4. The SMILES string of the molecule is O=C(Oc1ccc(OC(=O)C2CCC(COCC3CO3)CC2)c2c1C1CCC2C1)C1CCC(COCC2CO2)CC1. The minimum absolute atomic E-state index is 0.0627. The van der Waals surface area contributed by atoms with Gasteiger partial charge in [-0.15, -0.1) is 0 Å². The minimum Gasteiger partial charge on any atom is -0.426 e. The molecule has 0 amide bonds. The van der Waals surface area contributed by atoms with E-state index in [4.69, 9.17) is 28.4 Å². The number of carbonyl (C=O) groups excluding carboxylic acids is 2. The molecule has 5 fully saturated rings. The van der Waals surface area contributed by atoms with Crippen LogP contribution in [-0.2, 0) is 28.5 Å². The highest BCUT2D eigenvalue weighted by Crippen LogP contribution is 2.59. The Morgan fingerprint density at radius 2 is 1.02 bits per heavy atom. The molecule has 8 heteroatoms. The first-order chi connectivity index (χ1) is 20.1. The molecule has 1 aromatic carbocycles. The average molecular weight is 569 g/mol. The molecule has 0 spiro atoms. The summed E-state index contributed by atoms with van der Waals surface area (Å²) in [5.74, 6) is 2.81. The molecule has 4 atom stereocenters. The molecule has 2 bridgehead atoms. The number of hydrogen-bond donors (Lipinski definition) is 0. The summed E-state index contributed by atoms with van der Waals surface area (Å²) in [5, 5.41) is 0. The third kappa shape index (κ3) is 6.66. The van der Waals surface area contributed by atoms with Crippen molar-refractivity contribution in [2.75, 3.05) is 39.6 Å². The molecule has 4 unspecified atom stereocenters. The second-order valence-electron chi connectivity index (χ2n) is 13.4. The summed E-state index contributed by atoms with van der Waals surface area (Å²) in [7, 11) is 0. The van der Waals surface area contributed by atoms with Crippen LogP contribution < -0.4 is 9.47 Å². The molecule has 0 N–H and O–H groups in total. The summed E-state index contributed by atoms with van der Waals surface area (Å²) in [6.45, 7) is 4.53. The monoisotopic (exact) mass is 568 g/mol. The Bertz CT molecular complexity index is 1010. The molecular formula is C33H44O8. The smallest absolute Gasteiger partial charge is 0.314 e. The van der Waals surface area contributed by atoms with E-state index in [9.17, 15) is 9.59 Å². The zero-order valence-corrected chi connectivity index (χ0v) is 24.1. The molecular weight excluding hydrogens is 524 g/mol. The maximum absolute atomic E-state index is 13.2. The van der Waals surface area contributed by atoms with Crippen molar-refractivity contribution in [1.29, 1.82) is 0 Å². The van der Waals surface area contributed by atoms with Crippen LogP contribution in [0.15, 0.2) is 12.1 Å². The van der Waals surface area contributed by atoms with Gasteiger partial charge in [0.1, 0.15) is 23.7 Å². The van der Waals surface area contributed by atoms with Crippen LogP contribution in [0.3, 0.4) is 0 Å². The lowest BCUT2D eigenvalue weighted by atomic mass is 9.82. The maximum atomic E-state index is 13.2. The van der Waals surface area contributed by atoms with Gasteiger partial charge in [0, 0.05) is 24.3 Å². The summed E-state index contributed by atoms with van der Waals surface area (Å²) in [6.07, 6.45) is 11.2. The lowest BCUT2D eigenvalue weighted by molar-refractivity contribution is -0.141. The van der Waals surface area contributed by atoms with Crippen LogP contribution in [0.5, 0.6) is 11.5 Å². The Labute approximate surface area is 242 Å². The van der Waals surface area contributed by atoms with E-state index in [1.807, 2.05) is 12.1 Å². The van der Waals surface area contributed by atoms with Crippen molar-refractivity contribution in [2.45, 2.75) is 94.7 Å². The van der Waals surface area contributed by atoms with E-state index in [0.717, 1.165) is 108 Å². The fourth-order valence-electron chi connectivity index (χ4n) is 7.70. The second-order valence-corrected chi connectivity index (χ2v) is 13.4. The Hall–Kier alpha value is -2.00. The maximum Gasteiger partial charge on any atom is 0.314 e. The molecule has 1 aromatic rings. The predicted octanol–water partition coefficient (Wildman–Crippen LogP) is 5.31. The topological polar surface area (TPSA) is 96.1 Å². The first-order valence-corrected chi connectivity index (χ1v) is 16.1. The third-order valence-corrected chi connectivity index (χ3v) is 10.4. The number of rotatable bonds is 12. The molecule has 0 radical (unpaired) electrons. The van der Waals surface area contributed by atoms with Crippen LogP contribution in [-0.4, -0.2) is 63.8 Å². The molecule has 41 heavy (non-hydrogen) atoms. The quantitative estimate of drug-likeness (QED) is 0.190. The zero-order chi connectivity index (χ0) is 27.8. The molecule has 3 saturated carbocycles. The lowest BCUT2D eigenvalue weighted by Gasteiger charge is -2.28. The fourth-order valence-corrected chi connectivity index (χ4v) is 7.70. The van der Waals surface area contributed by atoms with Crippen LogP contribution in [0.4, 0.5) is 0 Å². The molecule has 7 rings (SSSR count). The highest BCUT2D eigenvalue weighted by atomic mass is 16.6. The van der Waals surface area contributed by atoms with Crippen molar-refractivity contribution >= 4 is 11.9 Å². The summed E-state index contributed by atoms with van der Waals surface area (Å²) in [4.78, 5) is 26.4. The first-order valence-electron chi connectivity index (χ1n) is 16.1. The number of fused-ring (bicyclic) bond motifs is 5. The average Bonchev–Trinajstić information content (AvgIpc) is 3.92. The van der Waals surface area contributed by atoms with E-state index < -0.39 is 0 Å². The van der Waals surface area contributed by atoms with Crippen molar-refractivity contribution in [1.82, 2.24) is 0 Å². The summed E-state index contributed by atoms with van der Waals surface area (Å²) >= 11 is 0. The van der Waals surface area contributed by atoms with Crippen LogP contribution >= 0.6 is 0 Å². The van der Waals surface area contributed by atoms with Crippen molar-refractivity contribution in [2.24, 2.45) is 23.7 Å². The molecule has 6 aliphatic rings. The summed E-state index contributed by atoms with van der Waals surface area (Å²) in [5.41, 5.74) is 2.23. The highest BCUT2D eigenvalue weighted by Gasteiger charge is 2.43. The van der Waals surface area contributed by atoms with E-state index in [1.165, 1.54) is 0 Å².